The molecule has 0 aromatic rings. The average molecular weight is 221 g/mol. The van der Waals surface area contributed by atoms with Crippen molar-refractivity contribution in [3.63, 3.8) is 0 Å². The van der Waals surface area contributed by atoms with Crippen LogP contribution in [0.25, 0.3) is 0 Å². The molecular formula is C6H7NO6S. The van der Waals surface area contributed by atoms with Crippen molar-refractivity contribution in [1.29, 1.82) is 5.26 Å². The number of hydrogen-bond donors (Lipinski definition) is 0. The molecule has 1 heterocycles. The number of esters is 1. The summed E-state index contributed by atoms with van der Waals surface area (Å²) in [7, 11) is -4.04. The van der Waals surface area contributed by atoms with Gasteiger partial charge in [0.2, 0.25) is 6.10 Å². The highest BCUT2D eigenvalue weighted by molar-refractivity contribution is 7.82. The lowest BCUT2D eigenvalue weighted by atomic mass is 10.4. The summed E-state index contributed by atoms with van der Waals surface area (Å²) in [6.45, 7) is -0.469. The van der Waals surface area contributed by atoms with Gasteiger partial charge in [-0.1, -0.05) is 0 Å². The van der Waals surface area contributed by atoms with Crippen LogP contribution in [-0.2, 0) is 28.3 Å². The van der Waals surface area contributed by atoms with Gasteiger partial charge in [0.25, 0.3) is 0 Å². The van der Waals surface area contributed by atoms with Crippen LogP contribution in [0.2, 0.25) is 0 Å². The van der Waals surface area contributed by atoms with Crippen molar-refractivity contribution in [2.75, 3.05) is 13.2 Å². The van der Waals surface area contributed by atoms with Gasteiger partial charge < -0.3 is 4.74 Å². The average Bonchev–Trinajstić information content (AvgIpc) is 2.46. The van der Waals surface area contributed by atoms with E-state index in [0.29, 0.717) is 0 Å². The van der Waals surface area contributed by atoms with Gasteiger partial charge in [-0.2, -0.15) is 13.7 Å². The van der Waals surface area contributed by atoms with Crippen LogP contribution in [-0.4, -0.2) is 33.7 Å². The third kappa shape index (κ3) is 2.95. The number of hydrogen-bond acceptors (Lipinski definition) is 7. The van der Waals surface area contributed by atoms with Crippen molar-refractivity contribution < 1.29 is 26.3 Å². The van der Waals surface area contributed by atoms with E-state index < -0.39 is 22.5 Å². The van der Waals surface area contributed by atoms with Gasteiger partial charge in [0.15, 0.2) is 0 Å². The van der Waals surface area contributed by atoms with E-state index in [1.807, 2.05) is 0 Å². The zero-order valence-corrected chi connectivity index (χ0v) is 7.82. The zero-order chi connectivity index (χ0) is 10.6. The quantitative estimate of drug-likeness (QED) is 0.449. The van der Waals surface area contributed by atoms with E-state index in [1.54, 1.807) is 6.07 Å². The largest absolute Gasteiger partial charge is 0.463 e. The molecule has 0 radical (unpaired) electrons. The first-order valence-corrected chi connectivity index (χ1v) is 5.00. The molecule has 0 aromatic carbocycles. The standard InChI is InChI=1S/C6H7NO6S/c7-2-1-3-11-6(8)5-4-12-14(9,10)13-5/h5H,1,3-4H2. The highest BCUT2D eigenvalue weighted by Gasteiger charge is 2.36. The fourth-order valence-corrected chi connectivity index (χ4v) is 1.50. The third-order valence-corrected chi connectivity index (χ3v) is 2.21. The molecule has 0 saturated carbocycles. The lowest BCUT2D eigenvalue weighted by Gasteiger charge is -2.04. The first-order chi connectivity index (χ1) is 6.55. The van der Waals surface area contributed by atoms with Gasteiger partial charge >= 0.3 is 16.4 Å². The second-order valence-corrected chi connectivity index (χ2v) is 3.60. The monoisotopic (exact) mass is 221 g/mol. The molecule has 1 fully saturated rings. The Morgan fingerprint density at radius 2 is 2.36 bits per heavy atom. The lowest BCUT2D eigenvalue weighted by molar-refractivity contribution is -0.150. The maximum atomic E-state index is 11.0. The number of ether oxygens (including phenoxy) is 1. The van der Waals surface area contributed by atoms with Crippen LogP contribution in [0.4, 0.5) is 0 Å². The predicted octanol–water partition coefficient (Wildman–Crippen LogP) is -0.897. The van der Waals surface area contributed by atoms with Crippen LogP contribution in [0.5, 0.6) is 0 Å². The van der Waals surface area contributed by atoms with E-state index in [-0.39, 0.29) is 19.6 Å². The van der Waals surface area contributed by atoms with Crippen LogP contribution >= 0.6 is 0 Å². The fraction of sp³-hybridized carbons (Fsp3) is 0.667. The molecule has 1 aliphatic rings. The van der Waals surface area contributed by atoms with Gasteiger partial charge in [0, 0.05) is 0 Å². The normalized spacial score (nSPS) is 24.1. The molecular weight excluding hydrogens is 214 g/mol. The number of nitriles is 1. The van der Waals surface area contributed by atoms with E-state index in [9.17, 15) is 13.2 Å². The van der Waals surface area contributed by atoms with Gasteiger partial charge in [-0.15, -0.1) is 0 Å². The van der Waals surface area contributed by atoms with Crippen molar-refractivity contribution in [2.45, 2.75) is 12.5 Å². The molecule has 0 spiro atoms. The topological polar surface area (TPSA) is 103 Å². The summed E-state index contributed by atoms with van der Waals surface area (Å²) in [4.78, 5) is 11.0. The van der Waals surface area contributed by atoms with E-state index >= 15 is 0 Å². The van der Waals surface area contributed by atoms with Gasteiger partial charge in [0.1, 0.15) is 13.2 Å². The van der Waals surface area contributed by atoms with E-state index in [4.69, 9.17) is 5.26 Å². The maximum absolute atomic E-state index is 11.0. The summed E-state index contributed by atoms with van der Waals surface area (Å²) in [6.07, 6.45) is -1.20. The predicted molar refractivity (Wildman–Crippen MR) is 40.9 cm³/mol. The summed E-state index contributed by atoms with van der Waals surface area (Å²) >= 11 is 0. The molecule has 1 rings (SSSR count). The molecule has 8 heteroatoms. The van der Waals surface area contributed by atoms with Crippen LogP contribution in [0.3, 0.4) is 0 Å². The summed E-state index contributed by atoms with van der Waals surface area (Å²) < 4.78 is 34.1. The molecule has 14 heavy (non-hydrogen) atoms. The Bertz CT molecular complexity index is 355. The number of rotatable bonds is 3. The molecule has 1 saturated heterocycles. The van der Waals surface area contributed by atoms with Gasteiger partial charge in [-0.05, 0) is 0 Å². The number of carbonyl (C=O) groups is 1. The van der Waals surface area contributed by atoms with Crippen molar-refractivity contribution in [1.82, 2.24) is 0 Å². The first-order valence-electron chi connectivity index (χ1n) is 3.66. The van der Waals surface area contributed by atoms with Crippen molar-refractivity contribution in [3.05, 3.63) is 0 Å². The Hall–Kier alpha value is -1.17. The Balaban J connectivity index is 2.37. The Kier molecular flexibility index (Phi) is 3.40. The SMILES string of the molecule is N#CCCOC(=O)C1COS(=O)(=O)O1. The van der Waals surface area contributed by atoms with E-state index in [1.165, 1.54) is 0 Å². The minimum absolute atomic E-state index is 0.0477. The van der Waals surface area contributed by atoms with Gasteiger partial charge in [-0.25, -0.2) is 13.2 Å². The van der Waals surface area contributed by atoms with Gasteiger partial charge in [0.05, 0.1) is 12.5 Å². The Morgan fingerprint density at radius 3 is 2.86 bits per heavy atom. The molecule has 0 aromatic heterocycles. The van der Waals surface area contributed by atoms with Gasteiger partial charge in [-0.3, -0.25) is 0 Å². The minimum Gasteiger partial charge on any atom is -0.463 e. The maximum Gasteiger partial charge on any atom is 0.400 e. The van der Waals surface area contributed by atoms with Crippen molar-refractivity contribution in [2.24, 2.45) is 0 Å². The zero-order valence-electron chi connectivity index (χ0n) is 7.00. The fourth-order valence-electron chi connectivity index (χ4n) is 0.740. The summed E-state index contributed by atoms with van der Waals surface area (Å²) in [6, 6.07) is 1.76. The third-order valence-electron chi connectivity index (χ3n) is 1.32. The molecule has 78 valence electrons. The smallest absolute Gasteiger partial charge is 0.400 e. The van der Waals surface area contributed by atoms with Crippen LogP contribution in [0.15, 0.2) is 0 Å². The summed E-state index contributed by atoms with van der Waals surface area (Å²) in [5, 5.41) is 8.13. The van der Waals surface area contributed by atoms with Crippen LogP contribution in [0.1, 0.15) is 6.42 Å². The molecule has 1 atom stereocenters. The second kappa shape index (κ2) is 4.36. The number of carbonyl (C=O) groups excluding carboxylic acids is 1. The highest BCUT2D eigenvalue weighted by atomic mass is 32.3. The number of nitrogens with zero attached hydrogens (tertiary/aromatic N) is 1. The molecule has 1 unspecified atom stereocenters. The minimum atomic E-state index is -4.04. The Morgan fingerprint density at radius 1 is 1.64 bits per heavy atom. The molecule has 0 bridgehead atoms. The highest BCUT2D eigenvalue weighted by Crippen LogP contribution is 2.13. The molecule has 7 nitrogen and oxygen atoms in total. The summed E-state index contributed by atoms with van der Waals surface area (Å²) in [5.41, 5.74) is 0. The van der Waals surface area contributed by atoms with Crippen molar-refractivity contribution in [3.8, 4) is 6.07 Å². The molecule has 0 N–H and O–H groups in total. The first kappa shape index (κ1) is 10.9. The van der Waals surface area contributed by atoms with E-state index in [0.717, 1.165) is 0 Å². The van der Waals surface area contributed by atoms with Crippen molar-refractivity contribution >= 4 is 16.4 Å². The lowest BCUT2D eigenvalue weighted by Crippen LogP contribution is -2.25. The molecule has 1 aliphatic heterocycles. The molecule has 0 amide bonds. The van der Waals surface area contributed by atoms with E-state index in [2.05, 4.69) is 13.1 Å². The second-order valence-electron chi connectivity index (χ2n) is 2.35. The summed E-state index contributed by atoms with van der Waals surface area (Å²) in [5.74, 6) is -0.846. The Labute approximate surface area is 80.5 Å². The van der Waals surface area contributed by atoms with Crippen LogP contribution in [0, 0.1) is 11.3 Å². The molecule has 0 aliphatic carbocycles. The van der Waals surface area contributed by atoms with Crippen LogP contribution < -0.4 is 0 Å².